The molecule has 0 saturated heterocycles. The highest BCUT2D eigenvalue weighted by atomic mass is 16.5. The van der Waals surface area contributed by atoms with E-state index >= 15 is 0 Å². The van der Waals surface area contributed by atoms with E-state index in [9.17, 15) is 4.79 Å². The number of unbranched alkanes of at least 4 members (excludes halogenated alkanes) is 1. The second-order valence-corrected chi connectivity index (χ2v) is 3.65. The third-order valence-electron chi connectivity index (χ3n) is 2.39. The van der Waals surface area contributed by atoms with Gasteiger partial charge in [0.1, 0.15) is 0 Å². The van der Waals surface area contributed by atoms with Gasteiger partial charge in [0.25, 0.3) is 5.91 Å². The van der Waals surface area contributed by atoms with Crippen molar-refractivity contribution in [3.05, 3.63) is 29.8 Å². The number of amides is 1. The molecule has 1 rings (SSSR count). The molecule has 1 aromatic carbocycles. The lowest BCUT2D eigenvalue weighted by Crippen LogP contribution is -2.26. The molecule has 4 N–H and O–H groups in total. The van der Waals surface area contributed by atoms with Gasteiger partial charge in [-0.1, -0.05) is 12.1 Å². The molecule has 0 aromatic heterocycles. The Hall–Kier alpha value is -1.59. The van der Waals surface area contributed by atoms with E-state index in [1.807, 2.05) is 6.07 Å². The maximum absolute atomic E-state index is 11.8. The van der Waals surface area contributed by atoms with Crippen LogP contribution < -0.4 is 16.6 Å². The summed E-state index contributed by atoms with van der Waals surface area (Å²) in [5.74, 6) is 5.22. The molecule has 5 nitrogen and oxygen atoms in total. The Morgan fingerprint density at radius 1 is 1.35 bits per heavy atom. The van der Waals surface area contributed by atoms with Crippen LogP contribution in [0.4, 0.5) is 5.69 Å². The van der Waals surface area contributed by atoms with Gasteiger partial charge in [0.2, 0.25) is 0 Å². The second-order valence-electron chi connectivity index (χ2n) is 3.65. The summed E-state index contributed by atoms with van der Waals surface area (Å²) in [6, 6.07) is 7.13. The monoisotopic (exact) mass is 237 g/mol. The number of nitrogens with one attached hydrogen (secondary N) is 2. The zero-order valence-corrected chi connectivity index (χ0v) is 10.0. The molecule has 94 valence electrons. The fourth-order valence-electron chi connectivity index (χ4n) is 1.48. The van der Waals surface area contributed by atoms with Crippen molar-refractivity contribution >= 4 is 11.6 Å². The van der Waals surface area contributed by atoms with Crippen molar-refractivity contribution < 1.29 is 9.53 Å². The Balaban J connectivity index is 2.41. The second kappa shape index (κ2) is 7.65. The first-order chi connectivity index (χ1) is 8.29. The summed E-state index contributed by atoms with van der Waals surface area (Å²) in [5.41, 5.74) is 3.69. The maximum Gasteiger partial charge on any atom is 0.253 e. The fraction of sp³-hybridized carbons (Fsp3) is 0.417. The van der Waals surface area contributed by atoms with Crippen LogP contribution in [-0.4, -0.2) is 26.2 Å². The van der Waals surface area contributed by atoms with Gasteiger partial charge in [-0.3, -0.25) is 10.6 Å². The average molecular weight is 237 g/mol. The van der Waals surface area contributed by atoms with Crippen molar-refractivity contribution in [2.45, 2.75) is 12.8 Å². The molecule has 0 spiro atoms. The number of anilines is 1. The molecule has 0 radical (unpaired) electrons. The highest BCUT2D eigenvalue weighted by Crippen LogP contribution is 2.12. The normalized spacial score (nSPS) is 10.0. The largest absolute Gasteiger partial charge is 0.385 e. The number of carbonyl (C=O) groups is 1. The molecule has 0 aliphatic heterocycles. The van der Waals surface area contributed by atoms with E-state index in [2.05, 4.69) is 10.7 Å². The fourth-order valence-corrected chi connectivity index (χ4v) is 1.48. The molecule has 0 unspecified atom stereocenters. The molecule has 0 aliphatic rings. The lowest BCUT2D eigenvalue weighted by atomic mass is 10.1. The van der Waals surface area contributed by atoms with E-state index < -0.39 is 0 Å². The van der Waals surface area contributed by atoms with Crippen LogP contribution in [0.2, 0.25) is 0 Å². The molecule has 0 saturated carbocycles. The minimum absolute atomic E-state index is 0.115. The Bertz CT molecular complexity index is 355. The van der Waals surface area contributed by atoms with E-state index in [0.717, 1.165) is 19.4 Å². The summed E-state index contributed by atoms with van der Waals surface area (Å²) in [6.07, 6.45) is 1.84. The summed E-state index contributed by atoms with van der Waals surface area (Å²) in [4.78, 5) is 11.8. The first-order valence-electron chi connectivity index (χ1n) is 5.62. The van der Waals surface area contributed by atoms with E-state index in [1.54, 1.807) is 25.3 Å². The molecule has 5 heteroatoms. The highest BCUT2D eigenvalue weighted by Gasteiger charge is 2.08. The molecule has 0 bridgehead atoms. The summed E-state index contributed by atoms with van der Waals surface area (Å²) < 4.78 is 4.93. The molecule has 0 fully saturated rings. The standard InChI is InChI=1S/C12H19N3O2/c1-17-9-5-4-8-14-12(16)10-6-2-3-7-11(10)15-13/h2-3,6-7,15H,4-5,8-9,13H2,1H3,(H,14,16). The third kappa shape index (κ3) is 4.42. The van der Waals surface area contributed by atoms with Gasteiger partial charge in [-0.15, -0.1) is 0 Å². The summed E-state index contributed by atoms with van der Waals surface area (Å²) in [7, 11) is 1.67. The van der Waals surface area contributed by atoms with Crippen LogP contribution in [0.25, 0.3) is 0 Å². The number of ether oxygens (including phenoxy) is 1. The number of nitrogen functional groups attached to an aromatic ring is 1. The van der Waals surface area contributed by atoms with E-state index in [4.69, 9.17) is 10.6 Å². The van der Waals surface area contributed by atoms with Crippen LogP contribution >= 0.6 is 0 Å². The summed E-state index contributed by atoms with van der Waals surface area (Å²) in [5, 5.41) is 2.84. The zero-order chi connectivity index (χ0) is 12.5. The van der Waals surface area contributed by atoms with Crippen LogP contribution in [0.5, 0.6) is 0 Å². The predicted octanol–water partition coefficient (Wildman–Crippen LogP) is 1.13. The molecule has 0 heterocycles. The number of nitrogens with two attached hydrogens (primary N) is 1. The summed E-state index contributed by atoms with van der Waals surface area (Å²) in [6.45, 7) is 1.36. The molecule has 0 aliphatic carbocycles. The quantitative estimate of drug-likeness (QED) is 0.377. The minimum atomic E-state index is -0.115. The van der Waals surface area contributed by atoms with Crippen molar-refractivity contribution in [1.82, 2.24) is 5.32 Å². The minimum Gasteiger partial charge on any atom is -0.385 e. The van der Waals surface area contributed by atoms with Gasteiger partial charge in [-0.05, 0) is 25.0 Å². The number of para-hydroxylation sites is 1. The zero-order valence-electron chi connectivity index (χ0n) is 10.0. The molecule has 17 heavy (non-hydrogen) atoms. The number of hydrazine groups is 1. The number of hydrogen-bond donors (Lipinski definition) is 3. The van der Waals surface area contributed by atoms with Crippen LogP contribution in [0, 0.1) is 0 Å². The molecule has 1 aromatic rings. The number of carbonyl (C=O) groups excluding carboxylic acids is 1. The predicted molar refractivity (Wildman–Crippen MR) is 67.7 cm³/mol. The van der Waals surface area contributed by atoms with Gasteiger partial charge in [-0.2, -0.15) is 0 Å². The van der Waals surface area contributed by atoms with Gasteiger partial charge in [0, 0.05) is 20.3 Å². The van der Waals surface area contributed by atoms with Crippen LogP contribution in [0.15, 0.2) is 24.3 Å². The van der Waals surface area contributed by atoms with Crippen molar-refractivity contribution in [2.24, 2.45) is 5.84 Å². The SMILES string of the molecule is COCCCCNC(=O)c1ccccc1NN. The van der Waals surface area contributed by atoms with Gasteiger partial charge in [-0.25, -0.2) is 0 Å². The third-order valence-corrected chi connectivity index (χ3v) is 2.39. The Morgan fingerprint density at radius 3 is 2.82 bits per heavy atom. The van der Waals surface area contributed by atoms with Crippen LogP contribution in [-0.2, 0) is 4.74 Å². The molecule has 1 amide bonds. The van der Waals surface area contributed by atoms with Gasteiger partial charge >= 0.3 is 0 Å². The van der Waals surface area contributed by atoms with Crippen molar-refractivity contribution in [1.29, 1.82) is 0 Å². The van der Waals surface area contributed by atoms with Gasteiger partial charge < -0.3 is 15.5 Å². The Labute approximate surface area is 101 Å². The Kier molecular flexibility index (Phi) is 6.06. The molecule has 0 atom stereocenters. The number of rotatable bonds is 7. The lowest BCUT2D eigenvalue weighted by molar-refractivity contribution is 0.0952. The number of benzene rings is 1. The number of hydrogen-bond acceptors (Lipinski definition) is 4. The smallest absolute Gasteiger partial charge is 0.253 e. The topological polar surface area (TPSA) is 76.4 Å². The first-order valence-corrected chi connectivity index (χ1v) is 5.62. The average Bonchev–Trinajstić information content (AvgIpc) is 2.38. The highest BCUT2D eigenvalue weighted by molar-refractivity contribution is 5.99. The number of methoxy groups -OCH3 is 1. The van der Waals surface area contributed by atoms with Crippen LogP contribution in [0.1, 0.15) is 23.2 Å². The Morgan fingerprint density at radius 2 is 2.12 bits per heavy atom. The van der Waals surface area contributed by atoms with Gasteiger partial charge in [0.05, 0.1) is 11.3 Å². The van der Waals surface area contributed by atoms with E-state index in [-0.39, 0.29) is 5.91 Å². The van der Waals surface area contributed by atoms with Crippen LogP contribution in [0.3, 0.4) is 0 Å². The lowest BCUT2D eigenvalue weighted by Gasteiger charge is -2.09. The maximum atomic E-state index is 11.8. The van der Waals surface area contributed by atoms with Gasteiger partial charge in [0.15, 0.2) is 0 Å². The summed E-state index contributed by atoms with van der Waals surface area (Å²) >= 11 is 0. The van der Waals surface area contributed by atoms with Crippen molar-refractivity contribution in [3.63, 3.8) is 0 Å². The van der Waals surface area contributed by atoms with Crippen molar-refractivity contribution in [2.75, 3.05) is 25.7 Å². The van der Waals surface area contributed by atoms with E-state index in [1.165, 1.54) is 0 Å². The first kappa shape index (κ1) is 13.5. The van der Waals surface area contributed by atoms with E-state index in [0.29, 0.717) is 17.8 Å². The molecular weight excluding hydrogens is 218 g/mol. The van der Waals surface area contributed by atoms with Crippen molar-refractivity contribution in [3.8, 4) is 0 Å². The molecular formula is C12H19N3O2.